The summed E-state index contributed by atoms with van der Waals surface area (Å²) in [5, 5.41) is 6.96. The molecular weight excluding hydrogens is 376 g/mol. The molecule has 0 spiro atoms. The Bertz CT molecular complexity index is 906. The molecule has 3 aromatic rings. The van der Waals surface area contributed by atoms with Crippen LogP contribution in [0.2, 0.25) is 5.02 Å². The number of rotatable bonds is 9. The van der Waals surface area contributed by atoms with Gasteiger partial charge in [0.2, 0.25) is 5.95 Å². The zero-order chi connectivity index (χ0) is 19.8. The van der Waals surface area contributed by atoms with E-state index in [9.17, 15) is 0 Å². The van der Waals surface area contributed by atoms with E-state index in [1.54, 1.807) is 32.5 Å². The number of anilines is 3. The Morgan fingerprint density at radius 3 is 2.54 bits per heavy atom. The molecule has 0 radical (unpaired) electrons. The lowest BCUT2D eigenvalue weighted by molar-refractivity contribution is 0.405. The minimum Gasteiger partial charge on any atom is -0.495 e. The molecular formula is C21H23ClN4O2. The molecule has 28 heavy (non-hydrogen) atoms. The summed E-state index contributed by atoms with van der Waals surface area (Å²) in [5.74, 6) is 2.33. The van der Waals surface area contributed by atoms with Crippen LogP contribution in [0.15, 0.2) is 54.7 Å². The summed E-state index contributed by atoms with van der Waals surface area (Å²) in [5.41, 5.74) is 2.00. The van der Waals surface area contributed by atoms with E-state index in [1.165, 1.54) is 5.56 Å². The summed E-state index contributed by atoms with van der Waals surface area (Å²) in [6.45, 7) is 0.823. The summed E-state index contributed by atoms with van der Waals surface area (Å²) in [6, 6.07) is 15.7. The maximum absolute atomic E-state index is 6.15. The van der Waals surface area contributed by atoms with Crippen LogP contribution in [0.1, 0.15) is 12.0 Å². The van der Waals surface area contributed by atoms with Gasteiger partial charge in [-0.2, -0.15) is 4.98 Å². The van der Waals surface area contributed by atoms with Crippen molar-refractivity contribution in [1.29, 1.82) is 0 Å². The zero-order valence-corrected chi connectivity index (χ0v) is 16.7. The largest absolute Gasteiger partial charge is 0.495 e. The van der Waals surface area contributed by atoms with Crippen LogP contribution < -0.4 is 20.1 Å². The van der Waals surface area contributed by atoms with Crippen molar-refractivity contribution in [3.05, 3.63) is 65.3 Å². The van der Waals surface area contributed by atoms with Crippen molar-refractivity contribution in [2.24, 2.45) is 0 Å². The second-order valence-corrected chi connectivity index (χ2v) is 6.50. The van der Waals surface area contributed by atoms with Crippen molar-refractivity contribution in [1.82, 2.24) is 9.97 Å². The van der Waals surface area contributed by atoms with Crippen LogP contribution in [-0.2, 0) is 6.42 Å². The molecule has 0 saturated carbocycles. The highest BCUT2D eigenvalue weighted by Gasteiger charge is 2.11. The average Bonchev–Trinajstić information content (AvgIpc) is 2.73. The number of halogens is 1. The van der Waals surface area contributed by atoms with Gasteiger partial charge in [-0.05, 0) is 24.5 Å². The van der Waals surface area contributed by atoms with Gasteiger partial charge in [0.25, 0.3) is 0 Å². The third-order valence-electron chi connectivity index (χ3n) is 4.17. The van der Waals surface area contributed by atoms with Crippen LogP contribution in [0, 0.1) is 0 Å². The third-order valence-corrected chi connectivity index (χ3v) is 4.46. The van der Waals surface area contributed by atoms with Crippen molar-refractivity contribution < 1.29 is 9.47 Å². The summed E-state index contributed by atoms with van der Waals surface area (Å²) in [7, 11) is 3.14. The quantitative estimate of drug-likeness (QED) is 0.498. The average molecular weight is 399 g/mol. The molecule has 0 aliphatic carbocycles. The SMILES string of the molecule is COc1cc(Nc2nccc(NCCCc3ccccc3)n2)c(OC)cc1Cl. The van der Waals surface area contributed by atoms with Gasteiger partial charge in [-0.3, -0.25) is 0 Å². The van der Waals surface area contributed by atoms with Gasteiger partial charge in [-0.25, -0.2) is 4.98 Å². The number of aryl methyl sites for hydroxylation is 1. The Kier molecular flexibility index (Phi) is 6.92. The lowest BCUT2D eigenvalue weighted by Gasteiger charge is -2.13. The fourth-order valence-electron chi connectivity index (χ4n) is 2.75. The molecule has 3 rings (SSSR count). The lowest BCUT2D eigenvalue weighted by Crippen LogP contribution is -2.07. The van der Waals surface area contributed by atoms with Crippen molar-refractivity contribution in [3.63, 3.8) is 0 Å². The van der Waals surface area contributed by atoms with Gasteiger partial charge in [-0.1, -0.05) is 41.9 Å². The fraction of sp³-hybridized carbons (Fsp3) is 0.238. The first kappa shape index (κ1) is 19.8. The highest BCUT2D eigenvalue weighted by Crippen LogP contribution is 2.36. The van der Waals surface area contributed by atoms with Gasteiger partial charge in [-0.15, -0.1) is 0 Å². The van der Waals surface area contributed by atoms with Crippen molar-refractivity contribution in [2.45, 2.75) is 12.8 Å². The van der Waals surface area contributed by atoms with E-state index >= 15 is 0 Å². The lowest BCUT2D eigenvalue weighted by atomic mass is 10.1. The molecule has 0 fully saturated rings. The second-order valence-electron chi connectivity index (χ2n) is 6.09. The Labute approximate surface area is 169 Å². The maximum atomic E-state index is 6.15. The molecule has 6 nitrogen and oxygen atoms in total. The van der Waals surface area contributed by atoms with Crippen LogP contribution in [0.25, 0.3) is 0 Å². The molecule has 7 heteroatoms. The van der Waals surface area contributed by atoms with Crippen LogP contribution in [0.5, 0.6) is 11.5 Å². The predicted octanol–water partition coefficient (Wildman–Crippen LogP) is 4.94. The Morgan fingerprint density at radius 1 is 1.00 bits per heavy atom. The molecule has 2 aromatic carbocycles. The Morgan fingerprint density at radius 2 is 1.79 bits per heavy atom. The number of methoxy groups -OCH3 is 2. The first-order valence-electron chi connectivity index (χ1n) is 8.99. The van der Waals surface area contributed by atoms with Crippen molar-refractivity contribution >= 4 is 29.1 Å². The summed E-state index contributed by atoms with van der Waals surface area (Å²) in [4.78, 5) is 8.78. The highest BCUT2D eigenvalue weighted by atomic mass is 35.5. The Balaban J connectivity index is 1.62. The van der Waals surface area contributed by atoms with Gasteiger partial charge < -0.3 is 20.1 Å². The maximum Gasteiger partial charge on any atom is 0.229 e. The molecule has 0 amide bonds. The van der Waals surface area contributed by atoms with Crippen LogP contribution >= 0.6 is 11.6 Å². The molecule has 0 saturated heterocycles. The van der Waals surface area contributed by atoms with Gasteiger partial charge in [0.1, 0.15) is 17.3 Å². The summed E-state index contributed by atoms with van der Waals surface area (Å²) < 4.78 is 10.6. The number of aromatic nitrogens is 2. The second kappa shape index (κ2) is 9.80. The number of benzene rings is 2. The molecule has 1 heterocycles. The minimum absolute atomic E-state index is 0.454. The molecule has 0 aliphatic heterocycles. The van der Waals surface area contributed by atoms with Crippen molar-refractivity contribution in [3.8, 4) is 11.5 Å². The van der Waals surface area contributed by atoms with Gasteiger partial charge in [0, 0.05) is 24.9 Å². The molecule has 2 N–H and O–H groups in total. The molecule has 1 aromatic heterocycles. The van der Waals surface area contributed by atoms with E-state index in [2.05, 4.69) is 44.9 Å². The molecule has 0 unspecified atom stereocenters. The number of nitrogens with zero attached hydrogens (tertiary/aromatic N) is 2. The molecule has 0 aliphatic rings. The third kappa shape index (κ3) is 5.27. The van der Waals surface area contributed by atoms with Gasteiger partial charge in [0.15, 0.2) is 0 Å². The smallest absolute Gasteiger partial charge is 0.229 e. The van der Waals surface area contributed by atoms with E-state index in [4.69, 9.17) is 21.1 Å². The van der Waals surface area contributed by atoms with Crippen LogP contribution in [-0.4, -0.2) is 30.7 Å². The number of hydrogen-bond acceptors (Lipinski definition) is 6. The van der Waals surface area contributed by atoms with Gasteiger partial charge >= 0.3 is 0 Å². The number of ether oxygens (including phenoxy) is 2. The van der Waals surface area contributed by atoms with E-state index in [0.717, 1.165) is 25.2 Å². The zero-order valence-electron chi connectivity index (χ0n) is 15.9. The van der Waals surface area contributed by atoms with E-state index in [1.807, 2.05) is 12.1 Å². The Hall–Kier alpha value is -2.99. The summed E-state index contributed by atoms with van der Waals surface area (Å²) in [6.07, 6.45) is 3.74. The summed E-state index contributed by atoms with van der Waals surface area (Å²) >= 11 is 6.15. The first-order valence-corrected chi connectivity index (χ1v) is 9.37. The van der Waals surface area contributed by atoms with E-state index < -0.39 is 0 Å². The van der Waals surface area contributed by atoms with Crippen LogP contribution in [0.3, 0.4) is 0 Å². The fourth-order valence-corrected chi connectivity index (χ4v) is 2.98. The van der Waals surface area contributed by atoms with E-state index in [-0.39, 0.29) is 0 Å². The monoisotopic (exact) mass is 398 g/mol. The van der Waals surface area contributed by atoms with E-state index in [0.29, 0.717) is 28.2 Å². The number of hydrogen-bond donors (Lipinski definition) is 2. The minimum atomic E-state index is 0.454. The number of nitrogens with one attached hydrogen (secondary N) is 2. The standard InChI is InChI=1S/C21H23ClN4O2/c1-27-18-14-17(19(28-2)13-16(18)22)25-21-24-12-10-20(26-21)23-11-6-9-15-7-4-3-5-8-15/h3-5,7-8,10,12-14H,6,9,11H2,1-2H3,(H2,23,24,25,26). The normalized spacial score (nSPS) is 10.4. The molecule has 0 bridgehead atoms. The van der Waals surface area contributed by atoms with Crippen molar-refractivity contribution in [2.75, 3.05) is 31.4 Å². The van der Waals surface area contributed by atoms with Gasteiger partial charge in [0.05, 0.1) is 24.9 Å². The predicted molar refractivity (Wildman–Crippen MR) is 113 cm³/mol. The molecule has 146 valence electrons. The topological polar surface area (TPSA) is 68.3 Å². The molecule has 0 atom stereocenters. The van der Waals surface area contributed by atoms with Crippen LogP contribution in [0.4, 0.5) is 17.5 Å². The highest BCUT2D eigenvalue weighted by molar-refractivity contribution is 6.32. The first-order chi connectivity index (χ1) is 13.7.